The molecule has 2 atom stereocenters. The van der Waals surface area contributed by atoms with E-state index in [2.05, 4.69) is 10.4 Å². The minimum absolute atomic E-state index is 0.133. The van der Waals surface area contributed by atoms with Gasteiger partial charge in [0.25, 0.3) is 0 Å². The van der Waals surface area contributed by atoms with Gasteiger partial charge in [-0.25, -0.2) is 19.0 Å². The highest BCUT2D eigenvalue weighted by molar-refractivity contribution is 5.92. The second-order valence-corrected chi connectivity index (χ2v) is 10.8. The van der Waals surface area contributed by atoms with Crippen LogP contribution in [0.2, 0.25) is 0 Å². The van der Waals surface area contributed by atoms with Gasteiger partial charge in [0, 0.05) is 36.8 Å². The zero-order chi connectivity index (χ0) is 28.9. The van der Waals surface area contributed by atoms with Gasteiger partial charge in [0.2, 0.25) is 5.54 Å². The number of fused-ring (bicyclic) bond motifs is 1. The Morgan fingerprint density at radius 2 is 1.95 bits per heavy atom. The number of hydrogen-bond acceptors (Lipinski definition) is 7. The Bertz CT molecular complexity index is 1510. The van der Waals surface area contributed by atoms with Crippen LogP contribution in [0, 0.1) is 5.92 Å². The molecule has 2 aromatic carbocycles. The summed E-state index contributed by atoms with van der Waals surface area (Å²) in [5, 5.41) is 23.5. The molecular weight excluding hydrogens is 538 g/mol. The molecule has 3 heterocycles. The molecule has 11 heteroatoms. The minimum Gasteiger partial charge on any atom is -0.494 e. The second-order valence-electron chi connectivity index (χ2n) is 10.8. The number of carboxylic acid groups (broad SMARTS) is 1. The number of carbonyl (C=O) groups excluding carboxylic acids is 1. The van der Waals surface area contributed by atoms with E-state index in [-0.39, 0.29) is 18.8 Å². The third-order valence-corrected chi connectivity index (χ3v) is 7.90. The Balaban J connectivity index is 1.20. The van der Waals surface area contributed by atoms with Crippen molar-refractivity contribution in [3.8, 4) is 5.75 Å². The molecule has 4 aromatic rings. The molecule has 0 bridgehead atoms. The van der Waals surface area contributed by atoms with Gasteiger partial charge in [0.05, 0.1) is 12.1 Å². The zero-order valence-corrected chi connectivity index (χ0v) is 23.4. The summed E-state index contributed by atoms with van der Waals surface area (Å²) in [5.41, 5.74) is 0.721. The molecule has 2 aliphatic rings. The van der Waals surface area contributed by atoms with E-state index >= 15 is 0 Å². The Kier molecular flexibility index (Phi) is 8.09. The lowest BCUT2D eigenvalue weighted by atomic mass is 9.87. The normalized spacial score (nSPS) is 18.3. The fraction of sp³-hybridized carbons (Fsp3) is 0.419. The van der Waals surface area contributed by atoms with Crippen molar-refractivity contribution >= 4 is 23.0 Å². The van der Waals surface area contributed by atoms with Crippen molar-refractivity contribution in [3.63, 3.8) is 0 Å². The number of amides is 1. The van der Waals surface area contributed by atoms with Crippen LogP contribution in [0.15, 0.2) is 67.0 Å². The molecule has 2 aromatic heterocycles. The lowest BCUT2D eigenvalue weighted by Crippen LogP contribution is -2.46. The van der Waals surface area contributed by atoms with Crippen molar-refractivity contribution in [3.05, 3.63) is 78.2 Å². The number of rotatable bonds is 12. The second kappa shape index (κ2) is 12.2. The van der Waals surface area contributed by atoms with Crippen LogP contribution in [0.4, 0.5) is 4.79 Å². The van der Waals surface area contributed by atoms with Crippen LogP contribution >= 0.6 is 0 Å². The van der Waals surface area contributed by atoms with Gasteiger partial charge in [-0.15, -0.1) is 0 Å². The van der Waals surface area contributed by atoms with Crippen LogP contribution < -0.4 is 10.1 Å². The van der Waals surface area contributed by atoms with Gasteiger partial charge in [-0.05, 0) is 68.4 Å². The van der Waals surface area contributed by atoms with Gasteiger partial charge in [-0.3, -0.25) is 0 Å². The summed E-state index contributed by atoms with van der Waals surface area (Å²) in [6.45, 7) is 1.59. The standard InChI is InChI=1S/C31H35N5O6/c37-29(38)31(23-11-12-23,35-17-6-16-33-35)28-25-20-24(13-14-26(25)36(34-28)27-10-4-5-18-41-27)40-19-7-15-32-30(39)42-21-22-8-2-1-3-9-22/h1-3,6,8-9,13-14,16-17,20,23,27H,4-5,7,10-12,15,18-19,21H2,(H,32,39)(H,37,38). The quantitative estimate of drug-likeness (QED) is 0.230. The van der Waals surface area contributed by atoms with E-state index in [1.54, 1.807) is 18.5 Å². The molecule has 2 N–H and O–H groups in total. The first kappa shape index (κ1) is 27.8. The Morgan fingerprint density at radius 3 is 2.67 bits per heavy atom. The predicted octanol–water partition coefficient (Wildman–Crippen LogP) is 4.87. The number of benzene rings is 2. The third-order valence-electron chi connectivity index (χ3n) is 7.90. The van der Waals surface area contributed by atoms with E-state index in [1.807, 2.05) is 53.2 Å². The van der Waals surface area contributed by atoms with Gasteiger partial charge in [0.15, 0.2) is 6.23 Å². The monoisotopic (exact) mass is 573 g/mol. The van der Waals surface area contributed by atoms with Gasteiger partial charge < -0.3 is 24.6 Å². The lowest BCUT2D eigenvalue weighted by Gasteiger charge is -2.29. The number of ether oxygens (including phenoxy) is 3. The molecule has 1 saturated carbocycles. The number of carbonyl (C=O) groups is 2. The molecule has 0 spiro atoms. The van der Waals surface area contributed by atoms with Crippen LogP contribution in [0.3, 0.4) is 0 Å². The average Bonchev–Trinajstić information content (AvgIpc) is 3.57. The van der Waals surface area contributed by atoms with Crippen molar-refractivity contribution in [1.82, 2.24) is 24.9 Å². The maximum absolute atomic E-state index is 13.1. The highest BCUT2D eigenvalue weighted by atomic mass is 16.5. The Hall–Kier alpha value is -4.38. The van der Waals surface area contributed by atoms with Crippen molar-refractivity contribution in [2.45, 2.75) is 56.9 Å². The largest absolute Gasteiger partial charge is 0.494 e. The molecule has 0 radical (unpaired) electrons. The summed E-state index contributed by atoms with van der Waals surface area (Å²) >= 11 is 0. The molecule has 1 aliphatic heterocycles. The van der Waals surface area contributed by atoms with Crippen LogP contribution in [-0.2, 0) is 26.4 Å². The van der Waals surface area contributed by atoms with Gasteiger partial charge in [-0.1, -0.05) is 30.3 Å². The molecule has 42 heavy (non-hydrogen) atoms. The number of aliphatic carboxylic acids is 1. The van der Waals surface area contributed by atoms with Crippen LogP contribution in [0.5, 0.6) is 5.75 Å². The number of alkyl carbamates (subject to hydrolysis) is 1. The first-order valence-corrected chi connectivity index (χ1v) is 14.5. The topological polar surface area (TPSA) is 130 Å². The molecule has 2 unspecified atom stereocenters. The third kappa shape index (κ3) is 5.56. The fourth-order valence-electron chi connectivity index (χ4n) is 5.70. The summed E-state index contributed by atoms with van der Waals surface area (Å²) in [4.78, 5) is 25.1. The fourth-order valence-corrected chi connectivity index (χ4v) is 5.70. The summed E-state index contributed by atoms with van der Waals surface area (Å²) in [5.74, 6) is -0.526. The predicted molar refractivity (Wildman–Crippen MR) is 153 cm³/mol. The van der Waals surface area contributed by atoms with E-state index < -0.39 is 17.6 Å². The molecule has 2 fully saturated rings. The van der Waals surface area contributed by atoms with Crippen LogP contribution in [-0.4, -0.2) is 56.5 Å². The van der Waals surface area contributed by atoms with Gasteiger partial charge in [0.1, 0.15) is 18.1 Å². The van der Waals surface area contributed by atoms with Crippen molar-refractivity contribution < 1.29 is 28.9 Å². The highest BCUT2D eigenvalue weighted by Crippen LogP contribution is 2.50. The van der Waals surface area contributed by atoms with E-state index in [4.69, 9.17) is 19.3 Å². The summed E-state index contributed by atoms with van der Waals surface area (Å²) in [7, 11) is 0. The molecule has 1 amide bonds. The highest BCUT2D eigenvalue weighted by Gasteiger charge is 2.57. The van der Waals surface area contributed by atoms with E-state index in [1.165, 1.54) is 4.68 Å². The summed E-state index contributed by atoms with van der Waals surface area (Å²) < 4.78 is 20.7. The SMILES string of the molecule is O=C(NCCCOc1ccc2c(c1)c(C(C(=O)O)(C1CC1)n1cccn1)nn2C1CCCCO1)OCc1ccccc1. The van der Waals surface area contributed by atoms with Crippen molar-refractivity contribution in [2.24, 2.45) is 5.92 Å². The number of hydrogen-bond donors (Lipinski definition) is 2. The molecule has 11 nitrogen and oxygen atoms in total. The van der Waals surface area contributed by atoms with E-state index in [9.17, 15) is 14.7 Å². The number of aromatic nitrogens is 4. The molecular formula is C31H35N5O6. The van der Waals surface area contributed by atoms with Gasteiger partial charge in [-0.2, -0.15) is 10.2 Å². The molecule has 1 saturated heterocycles. The first-order chi connectivity index (χ1) is 20.6. The molecule has 1 aliphatic carbocycles. The van der Waals surface area contributed by atoms with E-state index in [0.29, 0.717) is 43.0 Å². The minimum atomic E-state index is -1.44. The molecule has 6 rings (SSSR count). The average molecular weight is 574 g/mol. The smallest absolute Gasteiger partial charge is 0.407 e. The Labute approximate surface area is 243 Å². The number of carboxylic acids is 1. The zero-order valence-electron chi connectivity index (χ0n) is 23.4. The Morgan fingerprint density at radius 1 is 1.10 bits per heavy atom. The van der Waals surface area contributed by atoms with Crippen LogP contribution in [0.1, 0.15) is 56.0 Å². The molecule has 220 valence electrons. The maximum Gasteiger partial charge on any atom is 0.407 e. The number of nitrogens with one attached hydrogen (secondary N) is 1. The van der Waals surface area contributed by atoms with Gasteiger partial charge >= 0.3 is 12.1 Å². The number of nitrogens with zero attached hydrogens (tertiary/aromatic N) is 4. The van der Waals surface area contributed by atoms with E-state index in [0.717, 1.165) is 43.2 Å². The lowest BCUT2D eigenvalue weighted by molar-refractivity contribution is -0.147. The summed E-state index contributed by atoms with van der Waals surface area (Å²) in [6.07, 6.45) is 7.49. The van der Waals surface area contributed by atoms with Crippen LogP contribution in [0.25, 0.3) is 10.9 Å². The summed E-state index contributed by atoms with van der Waals surface area (Å²) in [6, 6.07) is 16.9. The first-order valence-electron chi connectivity index (χ1n) is 14.5. The van der Waals surface area contributed by atoms with Crippen molar-refractivity contribution in [1.29, 1.82) is 0 Å². The maximum atomic E-state index is 13.1. The van der Waals surface area contributed by atoms with Crippen molar-refractivity contribution in [2.75, 3.05) is 19.8 Å².